The van der Waals surface area contributed by atoms with Gasteiger partial charge in [-0.25, -0.2) is 4.98 Å². The van der Waals surface area contributed by atoms with Gasteiger partial charge in [0.15, 0.2) is 11.6 Å². The van der Waals surface area contributed by atoms with E-state index in [1.54, 1.807) is 0 Å². The van der Waals surface area contributed by atoms with Gasteiger partial charge in [-0.3, -0.25) is 0 Å². The molecule has 4 heteroatoms. The van der Waals surface area contributed by atoms with Gasteiger partial charge in [0.25, 0.3) is 0 Å². The smallest absolute Gasteiger partial charge is 0.208 e. The molecule has 0 aliphatic carbocycles. The summed E-state index contributed by atoms with van der Waals surface area (Å²) in [4.78, 5) is 13.4. The summed E-state index contributed by atoms with van der Waals surface area (Å²) in [5.74, 6) is 1.11. The van der Waals surface area contributed by atoms with Crippen molar-refractivity contribution in [1.29, 1.82) is 0 Å². The van der Waals surface area contributed by atoms with E-state index < -0.39 is 0 Å². The molecule has 0 bridgehead atoms. The van der Waals surface area contributed by atoms with E-state index in [9.17, 15) is 0 Å². The highest BCUT2D eigenvalue weighted by Gasteiger charge is 2.12. The van der Waals surface area contributed by atoms with Gasteiger partial charge in [-0.2, -0.15) is 9.97 Å². The molecule has 31 heavy (non-hydrogen) atoms. The second-order valence-corrected chi connectivity index (χ2v) is 7.45. The maximum Gasteiger partial charge on any atom is 0.226 e. The van der Waals surface area contributed by atoms with Gasteiger partial charge in [-0.15, -0.1) is 0 Å². The first-order valence-corrected chi connectivity index (χ1v) is 10.4. The molecule has 0 saturated heterocycles. The summed E-state index contributed by atoms with van der Waals surface area (Å²) in [6, 6.07) is 36.8. The molecule has 0 aliphatic heterocycles. The molecule has 0 unspecified atom stereocenters. The highest BCUT2D eigenvalue weighted by molar-refractivity contribution is 6.28. The first kappa shape index (κ1) is 19.2. The number of aromatic nitrogens is 3. The minimum atomic E-state index is 0.180. The largest absolute Gasteiger partial charge is 0.226 e. The van der Waals surface area contributed by atoms with Crippen molar-refractivity contribution in [2.75, 3.05) is 0 Å². The predicted octanol–water partition coefficient (Wildman–Crippen LogP) is 7.19. The molecule has 5 rings (SSSR count). The monoisotopic (exact) mass is 419 g/mol. The van der Waals surface area contributed by atoms with Gasteiger partial charge in [0, 0.05) is 11.1 Å². The minimum absolute atomic E-state index is 0.180. The number of hydrogen-bond donors (Lipinski definition) is 0. The number of nitrogens with zero attached hydrogens (tertiary/aromatic N) is 3. The van der Waals surface area contributed by atoms with E-state index in [1.807, 2.05) is 48.5 Å². The molecular formula is C27H18ClN3. The Hall–Kier alpha value is -3.82. The van der Waals surface area contributed by atoms with Gasteiger partial charge < -0.3 is 0 Å². The Morgan fingerprint density at radius 2 is 0.903 bits per heavy atom. The fourth-order valence-electron chi connectivity index (χ4n) is 3.63. The summed E-state index contributed by atoms with van der Waals surface area (Å²) in [5, 5.41) is 0.180. The SMILES string of the molecule is Clc1nc(-c2ccccc2)nc(-c2cccc(-c3ccccc3-c3ccccc3)c2)n1. The van der Waals surface area contributed by atoms with Gasteiger partial charge in [0.2, 0.25) is 5.28 Å². The molecule has 1 aromatic heterocycles. The summed E-state index contributed by atoms with van der Waals surface area (Å²) in [6.45, 7) is 0. The molecule has 0 atom stereocenters. The summed E-state index contributed by atoms with van der Waals surface area (Å²) < 4.78 is 0. The molecule has 0 radical (unpaired) electrons. The zero-order valence-electron chi connectivity index (χ0n) is 16.6. The average Bonchev–Trinajstić information content (AvgIpc) is 2.85. The van der Waals surface area contributed by atoms with Crippen molar-refractivity contribution in [3.05, 3.63) is 114 Å². The number of benzene rings is 4. The van der Waals surface area contributed by atoms with E-state index in [2.05, 4.69) is 75.6 Å². The highest BCUT2D eigenvalue weighted by Crippen LogP contribution is 2.33. The molecular weight excluding hydrogens is 402 g/mol. The lowest BCUT2D eigenvalue weighted by molar-refractivity contribution is 1.07. The molecule has 0 spiro atoms. The van der Waals surface area contributed by atoms with Crippen LogP contribution in [0.1, 0.15) is 0 Å². The van der Waals surface area contributed by atoms with Crippen LogP contribution < -0.4 is 0 Å². The molecule has 4 aromatic carbocycles. The van der Waals surface area contributed by atoms with Crippen LogP contribution in [0.3, 0.4) is 0 Å². The van der Waals surface area contributed by atoms with E-state index in [-0.39, 0.29) is 5.28 Å². The maximum atomic E-state index is 6.25. The lowest BCUT2D eigenvalue weighted by Crippen LogP contribution is -1.97. The third-order valence-electron chi connectivity index (χ3n) is 5.08. The van der Waals surface area contributed by atoms with Crippen LogP contribution in [0.2, 0.25) is 5.28 Å². The standard InChI is InChI=1S/C27H18ClN3/c28-27-30-25(20-12-5-2-6-13-20)29-26(31-27)22-15-9-14-21(18-22)24-17-8-7-16-23(24)19-10-3-1-4-11-19/h1-18H. The zero-order chi connectivity index (χ0) is 21.0. The minimum Gasteiger partial charge on any atom is -0.208 e. The first-order chi connectivity index (χ1) is 15.3. The van der Waals surface area contributed by atoms with E-state index >= 15 is 0 Å². The molecule has 5 aromatic rings. The van der Waals surface area contributed by atoms with Crippen LogP contribution in [0, 0.1) is 0 Å². The number of halogens is 1. The van der Waals surface area contributed by atoms with Crippen LogP contribution in [0.25, 0.3) is 45.0 Å². The van der Waals surface area contributed by atoms with Crippen LogP contribution in [-0.2, 0) is 0 Å². The van der Waals surface area contributed by atoms with E-state index in [0.29, 0.717) is 11.6 Å². The van der Waals surface area contributed by atoms with Crippen molar-refractivity contribution in [3.8, 4) is 45.0 Å². The second kappa shape index (κ2) is 8.50. The normalized spacial score (nSPS) is 10.7. The Bertz CT molecular complexity index is 1340. The fourth-order valence-corrected chi connectivity index (χ4v) is 3.79. The van der Waals surface area contributed by atoms with Gasteiger partial charge in [0.05, 0.1) is 0 Å². The van der Waals surface area contributed by atoms with Gasteiger partial charge in [-0.1, -0.05) is 103 Å². The zero-order valence-corrected chi connectivity index (χ0v) is 17.4. The molecule has 0 N–H and O–H groups in total. The van der Waals surface area contributed by atoms with Crippen LogP contribution in [0.5, 0.6) is 0 Å². The quantitative estimate of drug-likeness (QED) is 0.309. The van der Waals surface area contributed by atoms with E-state index in [1.165, 1.54) is 11.1 Å². The molecule has 148 valence electrons. The van der Waals surface area contributed by atoms with Crippen molar-refractivity contribution in [2.45, 2.75) is 0 Å². The van der Waals surface area contributed by atoms with Crippen molar-refractivity contribution in [3.63, 3.8) is 0 Å². The Kier molecular flexibility index (Phi) is 5.26. The van der Waals surface area contributed by atoms with Crippen LogP contribution in [-0.4, -0.2) is 15.0 Å². The molecule has 0 aliphatic rings. The predicted molar refractivity (Wildman–Crippen MR) is 127 cm³/mol. The molecule has 0 amide bonds. The maximum absolute atomic E-state index is 6.25. The van der Waals surface area contributed by atoms with Crippen molar-refractivity contribution >= 4 is 11.6 Å². The summed E-state index contributed by atoms with van der Waals surface area (Å²) in [6.07, 6.45) is 0. The van der Waals surface area contributed by atoms with Crippen molar-refractivity contribution in [2.24, 2.45) is 0 Å². The van der Waals surface area contributed by atoms with Crippen LogP contribution in [0.4, 0.5) is 0 Å². The second-order valence-electron chi connectivity index (χ2n) is 7.11. The van der Waals surface area contributed by atoms with E-state index in [0.717, 1.165) is 22.3 Å². The average molecular weight is 420 g/mol. The highest BCUT2D eigenvalue weighted by atomic mass is 35.5. The van der Waals surface area contributed by atoms with Crippen LogP contribution >= 0.6 is 11.6 Å². The van der Waals surface area contributed by atoms with Crippen LogP contribution in [0.15, 0.2) is 109 Å². The lowest BCUT2D eigenvalue weighted by atomic mass is 9.94. The topological polar surface area (TPSA) is 38.7 Å². The molecule has 0 saturated carbocycles. The summed E-state index contributed by atoms with van der Waals surface area (Å²) in [5.41, 5.74) is 6.39. The lowest BCUT2D eigenvalue weighted by Gasteiger charge is -2.11. The fraction of sp³-hybridized carbons (Fsp3) is 0. The number of hydrogen-bond acceptors (Lipinski definition) is 3. The third kappa shape index (κ3) is 4.09. The summed E-state index contributed by atoms with van der Waals surface area (Å²) >= 11 is 6.25. The number of rotatable bonds is 4. The van der Waals surface area contributed by atoms with Crippen molar-refractivity contribution in [1.82, 2.24) is 15.0 Å². The molecule has 0 fully saturated rings. The summed E-state index contributed by atoms with van der Waals surface area (Å²) in [7, 11) is 0. The first-order valence-electron chi connectivity index (χ1n) is 10.0. The van der Waals surface area contributed by atoms with Gasteiger partial charge in [0.1, 0.15) is 0 Å². The Morgan fingerprint density at radius 3 is 1.58 bits per heavy atom. The Labute approximate surface area is 186 Å². The molecule has 3 nitrogen and oxygen atoms in total. The Morgan fingerprint density at radius 1 is 0.419 bits per heavy atom. The Balaban J connectivity index is 1.60. The van der Waals surface area contributed by atoms with Gasteiger partial charge in [-0.05, 0) is 39.9 Å². The third-order valence-corrected chi connectivity index (χ3v) is 5.25. The van der Waals surface area contributed by atoms with E-state index in [4.69, 9.17) is 11.6 Å². The van der Waals surface area contributed by atoms with Crippen molar-refractivity contribution < 1.29 is 0 Å². The molecule has 1 heterocycles. The van der Waals surface area contributed by atoms with Gasteiger partial charge >= 0.3 is 0 Å².